The maximum Gasteiger partial charge on any atom is 0.321 e. The molecule has 0 radical (unpaired) electrons. The minimum absolute atomic E-state index is 0.00927. The van der Waals surface area contributed by atoms with Crippen LogP contribution in [-0.2, 0) is 23.0 Å². The van der Waals surface area contributed by atoms with Crippen LogP contribution in [0.1, 0.15) is 63.3 Å². The number of sulfonamides is 1. The van der Waals surface area contributed by atoms with Crippen molar-refractivity contribution in [1.82, 2.24) is 19.8 Å². The molecule has 0 saturated heterocycles. The summed E-state index contributed by atoms with van der Waals surface area (Å²) in [5.74, 6) is -1.05. The van der Waals surface area contributed by atoms with Crippen LogP contribution in [0.15, 0.2) is 29.2 Å². The van der Waals surface area contributed by atoms with E-state index in [9.17, 15) is 22.8 Å². The van der Waals surface area contributed by atoms with Crippen LogP contribution >= 0.6 is 11.3 Å². The second kappa shape index (κ2) is 11.3. The lowest BCUT2D eigenvalue weighted by Crippen LogP contribution is -2.38. The third-order valence-corrected chi connectivity index (χ3v) is 10.1. The molecule has 3 N–H and O–H groups in total. The molecule has 1 aliphatic heterocycles. The molecule has 1 aromatic heterocycles. The van der Waals surface area contributed by atoms with Crippen LogP contribution in [-0.4, -0.2) is 69.2 Å². The minimum Gasteiger partial charge on any atom is -0.341 e. The molecule has 10 nitrogen and oxygen atoms in total. The number of urea groups is 1. The number of carbonyl (C=O) groups is 3. The number of hydrogen-bond donors (Lipinski definition) is 3. The average Bonchev–Trinajstić information content (AvgIpc) is 3.25. The molecule has 4 amide bonds. The zero-order chi connectivity index (χ0) is 26.7. The Balaban J connectivity index is 1.54. The predicted octanol–water partition coefficient (Wildman–Crippen LogP) is 3.01. The molecule has 2 aliphatic rings. The summed E-state index contributed by atoms with van der Waals surface area (Å²) in [6, 6.07) is 5.19. The van der Waals surface area contributed by atoms with Crippen molar-refractivity contribution in [2.75, 3.05) is 33.0 Å². The minimum atomic E-state index is -3.67. The highest BCUT2D eigenvalue weighted by Gasteiger charge is 2.30. The Kier molecular flexibility index (Phi) is 8.32. The summed E-state index contributed by atoms with van der Waals surface area (Å²) in [6.45, 7) is 1.39. The van der Waals surface area contributed by atoms with Crippen molar-refractivity contribution in [3.8, 4) is 0 Å². The van der Waals surface area contributed by atoms with Gasteiger partial charge in [-0.15, -0.1) is 11.3 Å². The summed E-state index contributed by atoms with van der Waals surface area (Å²) >= 11 is 1.31. The third-order valence-electron chi connectivity index (χ3n) is 7.04. The number of anilines is 1. The van der Waals surface area contributed by atoms with Gasteiger partial charge in [0.05, 0.1) is 10.5 Å². The molecule has 2 aromatic rings. The summed E-state index contributed by atoms with van der Waals surface area (Å²) in [6.07, 6.45) is 5.51. The molecular weight excluding hydrogens is 514 g/mol. The molecule has 4 rings (SSSR count). The number of rotatable bonds is 6. The number of hydrogen-bond acceptors (Lipinski definition) is 7. The number of carbonyl (C=O) groups excluding carboxylic acids is 3. The van der Waals surface area contributed by atoms with Gasteiger partial charge in [0.2, 0.25) is 10.0 Å². The highest BCUT2D eigenvalue weighted by molar-refractivity contribution is 7.89. The van der Waals surface area contributed by atoms with Gasteiger partial charge in [0.25, 0.3) is 11.8 Å². The van der Waals surface area contributed by atoms with Gasteiger partial charge in [-0.25, -0.2) is 13.2 Å². The summed E-state index contributed by atoms with van der Waals surface area (Å²) in [5.41, 5.74) is 1.38. The molecule has 37 heavy (non-hydrogen) atoms. The first kappa shape index (κ1) is 27.2. The molecule has 0 bridgehead atoms. The standard InChI is InChI=1S/C25H33N5O5S2/c1-26-25(33)28-23(32)21-19-13-14-29(2)15-20(19)36-24(21)27-22(31)16-9-11-18(12-10-16)37(34,35)30(3)17-7-5-4-6-8-17/h9-12,17H,4-8,13-15H2,1-3H3,(H,27,31)(H2,26,28,32,33). The lowest BCUT2D eigenvalue weighted by molar-refractivity contribution is 0.0964. The fraction of sp³-hybridized carbons (Fsp3) is 0.480. The zero-order valence-electron chi connectivity index (χ0n) is 21.3. The van der Waals surface area contributed by atoms with Crippen molar-refractivity contribution in [3.63, 3.8) is 0 Å². The molecule has 1 fully saturated rings. The largest absolute Gasteiger partial charge is 0.341 e. The first-order valence-electron chi connectivity index (χ1n) is 12.4. The number of thiophene rings is 1. The van der Waals surface area contributed by atoms with Crippen molar-refractivity contribution in [2.45, 2.75) is 56.0 Å². The fourth-order valence-corrected chi connectivity index (χ4v) is 7.58. The van der Waals surface area contributed by atoms with E-state index in [-0.39, 0.29) is 16.5 Å². The average molecular weight is 548 g/mol. The Hall–Kier alpha value is -2.80. The second-order valence-electron chi connectivity index (χ2n) is 9.52. The smallest absolute Gasteiger partial charge is 0.321 e. The highest BCUT2D eigenvalue weighted by atomic mass is 32.2. The number of nitrogens with zero attached hydrogens (tertiary/aromatic N) is 2. The molecule has 0 atom stereocenters. The number of nitrogens with one attached hydrogen (secondary N) is 3. The molecule has 0 unspecified atom stereocenters. The number of likely N-dealkylation sites (N-methyl/N-ethyl adjacent to an activating group) is 1. The van der Waals surface area contributed by atoms with Crippen molar-refractivity contribution in [3.05, 3.63) is 45.8 Å². The zero-order valence-corrected chi connectivity index (χ0v) is 22.9. The van der Waals surface area contributed by atoms with Crippen LogP contribution in [0.3, 0.4) is 0 Å². The van der Waals surface area contributed by atoms with Crippen molar-refractivity contribution in [2.24, 2.45) is 0 Å². The van der Waals surface area contributed by atoms with Gasteiger partial charge in [-0.1, -0.05) is 19.3 Å². The van der Waals surface area contributed by atoms with E-state index in [1.165, 1.54) is 47.0 Å². The first-order chi connectivity index (χ1) is 17.6. The SMILES string of the molecule is CNC(=O)NC(=O)c1c(NC(=O)c2ccc(S(=O)(=O)N(C)C3CCCCC3)cc2)sc2c1CCN(C)C2. The summed E-state index contributed by atoms with van der Waals surface area (Å²) in [7, 11) is 1.34. The molecule has 1 aromatic carbocycles. The molecule has 200 valence electrons. The summed E-state index contributed by atoms with van der Waals surface area (Å²) in [4.78, 5) is 41.0. The van der Waals surface area contributed by atoms with E-state index in [0.717, 1.165) is 49.1 Å². The van der Waals surface area contributed by atoms with Gasteiger partial charge in [0, 0.05) is 43.7 Å². The number of imide groups is 1. The van der Waals surface area contributed by atoms with Crippen LogP contribution in [0.2, 0.25) is 0 Å². The molecular formula is C25H33N5O5S2. The van der Waals surface area contributed by atoms with Crippen molar-refractivity contribution in [1.29, 1.82) is 0 Å². The van der Waals surface area contributed by atoms with Gasteiger partial charge in [-0.05, 0) is 56.1 Å². The maximum atomic E-state index is 13.1. The van der Waals surface area contributed by atoms with Gasteiger partial charge < -0.3 is 15.5 Å². The Morgan fingerprint density at radius 3 is 2.38 bits per heavy atom. The van der Waals surface area contributed by atoms with E-state index < -0.39 is 27.9 Å². The second-order valence-corrected chi connectivity index (χ2v) is 12.6. The third kappa shape index (κ3) is 5.87. The van der Waals surface area contributed by atoms with Crippen molar-refractivity contribution >= 4 is 44.2 Å². The first-order valence-corrected chi connectivity index (χ1v) is 14.6. The number of amides is 4. The van der Waals surface area contributed by atoms with E-state index in [0.29, 0.717) is 23.5 Å². The maximum absolute atomic E-state index is 13.1. The quantitative estimate of drug-likeness (QED) is 0.510. The van der Waals surface area contributed by atoms with E-state index in [2.05, 4.69) is 20.9 Å². The molecule has 2 heterocycles. The van der Waals surface area contributed by atoms with Gasteiger partial charge in [-0.3, -0.25) is 14.9 Å². The van der Waals surface area contributed by atoms with Crippen molar-refractivity contribution < 1.29 is 22.8 Å². The molecule has 0 spiro atoms. The Morgan fingerprint density at radius 2 is 1.73 bits per heavy atom. The Labute approximate surface area is 221 Å². The number of benzene rings is 1. The predicted molar refractivity (Wildman–Crippen MR) is 142 cm³/mol. The van der Waals surface area contributed by atoms with Gasteiger partial charge in [0.15, 0.2) is 0 Å². The lowest BCUT2D eigenvalue weighted by atomic mass is 9.96. The Bertz CT molecular complexity index is 1280. The molecule has 1 aliphatic carbocycles. The van der Waals surface area contributed by atoms with Crippen LogP contribution < -0.4 is 16.0 Å². The summed E-state index contributed by atoms with van der Waals surface area (Å²) in [5, 5.41) is 7.83. The van der Waals surface area contributed by atoms with E-state index >= 15 is 0 Å². The van der Waals surface area contributed by atoms with Gasteiger partial charge in [-0.2, -0.15) is 4.31 Å². The van der Waals surface area contributed by atoms with E-state index in [1.807, 2.05) is 7.05 Å². The van der Waals surface area contributed by atoms with Gasteiger partial charge in [0.1, 0.15) is 5.00 Å². The van der Waals surface area contributed by atoms with Crippen LogP contribution in [0.4, 0.5) is 9.80 Å². The van der Waals surface area contributed by atoms with Crippen LogP contribution in [0.5, 0.6) is 0 Å². The molecule has 12 heteroatoms. The number of fused-ring (bicyclic) bond motifs is 1. The van der Waals surface area contributed by atoms with E-state index in [4.69, 9.17) is 0 Å². The Morgan fingerprint density at radius 1 is 1.05 bits per heavy atom. The normalized spacial score (nSPS) is 16.8. The van der Waals surface area contributed by atoms with Crippen LogP contribution in [0, 0.1) is 0 Å². The highest BCUT2D eigenvalue weighted by Crippen LogP contribution is 2.37. The monoisotopic (exact) mass is 547 g/mol. The fourth-order valence-electron chi connectivity index (χ4n) is 4.85. The van der Waals surface area contributed by atoms with Crippen LogP contribution in [0.25, 0.3) is 0 Å². The topological polar surface area (TPSA) is 128 Å². The molecule has 1 saturated carbocycles. The van der Waals surface area contributed by atoms with Gasteiger partial charge >= 0.3 is 6.03 Å². The van der Waals surface area contributed by atoms with E-state index in [1.54, 1.807) is 7.05 Å². The summed E-state index contributed by atoms with van der Waals surface area (Å²) < 4.78 is 27.7. The lowest BCUT2D eigenvalue weighted by Gasteiger charge is -2.30.